The molecule has 2 aliphatic heterocycles. The standard InChI is InChI=1S/2C19H13O.Ca/c2*1-2-8-14(9-3-1)19-15-10-4-6-12-17(15)20-18-13-7-5-11-16(18)19;/h2*1-13H;/q2*-1;+2. The van der Waals surface area contributed by atoms with E-state index in [1.54, 1.807) is 0 Å². The van der Waals surface area contributed by atoms with Crippen LogP contribution in [0.15, 0.2) is 158 Å². The zero-order valence-corrected chi connectivity index (χ0v) is 24.7. The van der Waals surface area contributed by atoms with Crippen molar-refractivity contribution in [3.8, 4) is 23.0 Å². The molecule has 0 atom stereocenters. The third kappa shape index (κ3) is 5.35. The Morgan fingerprint density at radius 3 is 0.829 bits per heavy atom. The van der Waals surface area contributed by atoms with Crippen LogP contribution in [0.1, 0.15) is 33.4 Å². The molecule has 0 N–H and O–H groups in total. The molecule has 8 rings (SSSR count). The second-order valence-electron chi connectivity index (χ2n) is 9.67. The van der Waals surface area contributed by atoms with Crippen LogP contribution in [0.25, 0.3) is 0 Å². The van der Waals surface area contributed by atoms with Gasteiger partial charge in [0.2, 0.25) is 0 Å². The second kappa shape index (κ2) is 12.2. The van der Waals surface area contributed by atoms with Crippen molar-refractivity contribution in [1.29, 1.82) is 0 Å². The predicted molar refractivity (Wildman–Crippen MR) is 166 cm³/mol. The third-order valence-corrected chi connectivity index (χ3v) is 7.19. The molecule has 0 radical (unpaired) electrons. The average molecular weight is 555 g/mol. The van der Waals surface area contributed by atoms with Gasteiger partial charge in [0.25, 0.3) is 0 Å². The Morgan fingerprint density at radius 1 is 0.293 bits per heavy atom. The summed E-state index contributed by atoms with van der Waals surface area (Å²) in [7, 11) is 0. The molecular formula is C38H26CaO2. The van der Waals surface area contributed by atoms with Gasteiger partial charge in [-0.25, -0.2) is 0 Å². The second-order valence-corrected chi connectivity index (χ2v) is 9.67. The molecule has 6 aromatic rings. The van der Waals surface area contributed by atoms with Crippen LogP contribution in [-0.4, -0.2) is 37.7 Å². The van der Waals surface area contributed by atoms with E-state index in [9.17, 15) is 0 Å². The van der Waals surface area contributed by atoms with E-state index < -0.39 is 0 Å². The van der Waals surface area contributed by atoms with Crippen molar-refractivity contribution in [2.75, 3.05) is 0 Å². The van der Waals surface area contributed by atoms with E-state index in [1.165, 1.54) is 23.0 Å². The van der Waals surface area contributed by atoms with E-state index in [-0.39, 0.29) is 37.7 Å². The van der Waals surface area contributed by atoms with Gasteiger partial charge in [0, 0.05) is 0 Å². The van der Waals surface area contributed by atoms with Gasteiger partial charge in [-0.3, -0.25) is 0 Å². The summed E-state index contributed by atoms with van der Waals surface area (Å²) in [5, 5.41) is 0. The topological polar surface area (TPSA) is 18.5 Å². The third-order valence-electron chi connectivity index (χ3n) is 7.19. The first-order valence-electron chi connectivity index (χ1n) is 13.4. The summed E-state index contributed by atoms with van der Waals surface area (Å²) in [6.07, 6.45) is 0. The van der Waals surface area contributed by atoms with Crippen LogP contribution in [0.2, 0.25) is 0 Å². The van der Waals surface area contributed by atoms with Crippen molar-refractivity contribution in [3.05, 3.63) is 203 Å². The maximum Gasteiger partial charge on any atom is 2.00 e. The van der Waals surface area contributed by atoms with Gasteiger partial charge in [0.05, 0.1) is 23.0 Å². The molecule has 3 heteroatoms. The normalized spacial score (nSPS) is 12.0. The Morgan fingerprint density at radius 2 is 0.537 bits per heavy atom. The molecular weight excluding hydrogens is 528 g/mol. The van der Waals surface area contributed by atoms with Crippen LogP contribution < -0.4 is 9.47 Å². The number of fused-ring (bicyclic) bond motifs is 4. The number of para-hydroxylation sites is 4. The van der Waals surface area contributed by atoms with Crippen molar-refractivity contribution in [2.24, 2.45) is 0 Å². The van der Waals surface area contributed by atoms with Gasteiger partial charge >= 0.3 is 37.7 Å². The Labute approximate surface area is 271 Å². The van der Waals surface area contributed by atoms with E-state index >= 15 is 0 Å². The average Bonchev–Trinajstić information content (AvgIpc) is 3.03. The molecule has 0 unspecified atom stereocenters. The van der Waals surface area contributed by atoms with Gasteiger partial charge in [-0.1, -0.05) is 156 Å². The summed E-state index contributed by atoms with van der Waals surface area (Å²) in [5.74, 6) is 6.16. The number of hydrogen-bond donors (Lipinski definition) is 0. The van der Waals surface area contributed by atoms with E-state index in [4.69, 9.17) is 9.47 Å². The molecule has 0 amide bonds. The van der Waals surface area contributed by atoms with Crippen LogP contribution >= 0.6 is 0 Å². The van der Waals surface area contributed by atoms with Crippen LogP contribution in [0.4, 0.5) is 0 Å². The molecule has 2 heterocycles. The summed E-state index contributed by atoms with van der Waals surface area (Å²) in [6, 6.07) is 53.8. The quantitative estimate of drug-likeness (QED) is 0.157. The fourth-order valence-corrected chi connectivity index (χ4v) is 5.41. The predicted octanol–water partition coefficient (Wildman–Crippen LogP) is 9.24. The smallest absolute Gasteiger partial charge is 0.506 e. The van der Waals surface area contributed by atoms with Gasteiger partial charge < -0.3 is 9.47 Å². The monoisotopic (exact) mass is 554 g/mol. The van der Waals surface area contributed by atoms with Crippen LogP contribution in [0.5, 0.6) is 23.0 Å². The number of benzene rings is 6. The maximum atomic E-state index is 6.01. The Balaban J connectivity index is 0.000000144. The van der Waals surface area contributed by atoms with Crippen molar-refractivity contribution < 1.29 is 9.47 Å². The largest absolute Gasteiger partial charge is 2.00 e. The van der Waals surface area contributed by atoms with Crippen molar-refractivity contribution in [2.45, 2.75) is 0 Å². The minimum Gasteiger partial charge on any atom is -0.506 e. The van der Waals surface area contributed by atoms with Crippen molar-refractivity contribution in [3.63, 3.8) is 0 Å². The molecule has 0 fully saturated rings. The number of hydrogen-bond acceptors (Lipinski definition) is 2. The molecule has 0 spiro atoms. The van der Waals surface area contributed by atoms with Crippen LogP contribution in [0, 0.1) is 11.8 Å². The maximum absolute atomic E-state index is 6.01. The summed E-state index contributed by atoms with van der Waals surface area (Å²) < 4.78 is 12.0. The van der Waals surface area contributed by atoms with Crippen molar-refractivity contribution in [1.82, 2.24) is 0 Å². The van der Waals surface area contributed by atoms with Crippen LogP contribution in [-0.2, 0) is 0 Å². The molecule has 0 saturated heterocycles. The first-order chi connectivity index (χ1) is 19.9. The summed E-state index contributed by atoms with van der Waals surface area (Å²) in [4.78, 5) is 0. The molecule has 192 valence electrons. The zero-order valence-electron chi connectivity index (χ0n) is 22.5. The van der Waals surface area contributed by atoms with Gasteiger partial charge in [-0.05, 0) is 46.5 Å². The van der Waals surface area contributed by atoms with Gasteiger partial charge in [-0.2, -0.15) is 0 Å². The minimum absolute atomic E-state index is 0. The van der Waals surface area contributed by atoms with Gasteiger partial charge in [-0.15, -0.1) is 0 Å². The van der Waals surface area contributed by atoms with E-state index in [0.717, 1.165) is 45.3 Å². The van der Waals surface area contributed by atoms with Crippen molar-refractivity contribution >= 4 is 37.7 Å². The molecule has 2 nitrogen and oxygen atoms in total. The summed E-state index contributed by atoms with van der Waals surface area (Å²) in [5.41, 5.74) is 7.04. The van der Waals surface area contributed by atoms with E-state index in [0.29, 0.717) is 0 Å². The Hall–Kier alpha value is -4.08. The molecule has 0 aliphatic carbocycles. The van der Waals surface area contributed by atoms with E-state index in [1.807, 2.05) is 60.7 Å². The van der Waals surface area contributed by atoms with Crippen LogP contribution in [0.3, 0.4) is 0 Å². The number of ether oxygens (including phenoxy) is 2. The first kappa shape index (κ1) is 27.1. The minimum atomic E-state index is 0. The van der Waals surface area contributed by atoms with Gasteiger partial charge in [0.1, 0.15) is 0 Å². The zero-order chi connectivity index (χ0) is 26.7. The number of rotatable bonds is 2. The Bertz CT molecular complexity index is 1540. The summed E-state index contributed by atoms with van der Waals surface area (Å²) in [6.45, 7) is 0. The molecule has 6 aromatic carbocycles. The first-order valence-corrected chi connectivity index (χ1v) is 13.4. The molecule has 41 heavy (non-hydrogen) atoms. The molecule has 0 bridgehead atoms. The molecule has 2 aliphatic rings. The van der Waals surface area contributed by atoms with E-state index in [2.05, 4.69) is 97.1 Å². The van der Waals surface area contributed by atoms with Gasteiger partial charge in [0.15, 0.2) is 0 Å². The Kier molecular flexibility index (Phi) is 8.07. The SMILES string of the molecule is [Ca+2].c1ccc([C-]2c3ccccc3Oc3ccccc32)cc1.c1ccc([C-]2c3ccccc3Oc3ccccc32)cc1. The fraction of sp³-hybridized carbons (Fsp3) is 0. The fourth-order valence-electron chi connectivity index (χ4n) is 5.41. The molecule has 0 aromatic heterocycles. The molecule has 0 saturated carbocycles. The summed E-state index contributed by atoms with van der Waals surface area (Å²) >= 11 is 0.